The van der Waals surface area contributed by atoms with Crippen LogP contribution in [0.2, 0.25) is 5.02 Å². The molecule has 0 radical (unpaired) electrons. The molecular formula is C18H9ClF7NO4. The van der Waals surface area contributed by atoms with Crippen LogP contribution in [0.25, 0.3) is 11.1 Å². The lowest BCUT2D eigenvalue weighted by atomic mass is 10.0. The predicted molar refractivity (Wildman–Crippen MR) is 91.2 cm³/mol. The third kappa shape index (κ3) is 3.44. The first-order chi connectivity index (χ1) is 14.3. The zero-order valence-corrected chi connectivity index (χ0v) is 16.1. The number of hydrogen-bond donors (Lipinski definition) is 0. The summed E-state index contributed by atoms with van der Waals surface area (Å²) in [5.74, 6) is -15.5. The summed E-state index contributed by atoms with van der Waals surface area (Å²) in [6.45, 7) is 1.00. The minimum absolute atomic E-state index is 0.205. The highest BCUT2D eigenvalue weighted by Gasteiger charge is 2.53. The van der Waals surface area contributed by atoms with Gasteiger partial charge in [0, 0.05) is 11.6 Å². The van der Waals surface area contributed by atoms with Gasteiger partial charge in [-0.25, -0.2) is 26.7 Å². The van der Waals surface area contributed by atoms with Crippen LogP contribution in [0.1, 0.15) is 6.92 Å². The second-order valence-corrected chi connectivity index (χ2v) is 6.65. The van der Waals surface area contributed by atoms with Gasteiger partial charge in [0.05, 0.1) is 23.4 Å². The molecule has 1 aliphatic heterocycles. The fourth-order valence-corrected chi connectivity index (χ4v) is 3.19. The molecule has 1 atom stereocenters. The van der Waals surface area contributed by atoms with Crippen molar-refractivity contribution in [3.63, 3.8) is 0 Å². The van der Waals surface area contributed by atoms with Gasteiger partial charge in [-0.15, -0.1) is 0 Å². The number of methoxy groups -OCH3 is 1. The maximum atomic E-state index is 14.3. The Kier molecular flexibility index (Phi) is 5.55. The van der Waals surface area contributed by atoms with Crippen molar-refractivity contribution in [1.29, 1.82) is 0 Å². The lowest BCUT2D eigenvalue weighted by Crippen LogP contribution is -2.56. The first kappa shape index (κ1) is 22.7. The van der Waals surface area contributed by atoms with E-state index >= 15 is 0 Å². The summed E-state index contributed by atoms with van der Waals surface area (Å²) >= 11 is 5.84. The van der Waals surface area contributed by atoms with Gasteiger partial charge >= 0.3 is 18.0 Å². The molecule has 1 heterocycles. The molecule has 13 heteroatoms. The summed E-state index contributed by atoms with van der Waals surface area (Å²) in [5, 5.41) is -0.738. The minimum Gasteiger partial charge on any atom is -0.467 e. The first-order valence-electron chi connectivity index (χ1n) is 8.17. The number of carbonyl (C=O) groups is 2. The number of carbonyl (C=O) groups excluding carboxylic acids is 2. The molecule has 0 unspecified atom stereocenters. The molecule has 0 saturated carbocycles. The van der Waals surface area contributed by atoms with Crippen LogP contribution in [0, 0.1) is 29.1 Å². The Morgan fingerprint density at radius 3 is 2.10 bits per heavy atom. The summed E-state index contributed by atoms with van der Waals surface area (Å²) in [7, 11) is 0.908. The molecule has 31 heavy (non-hydrogen) atoms. The minimum atomic E-state index is -4.45. The molecule has 5 nitrogen and oxygen atoms in total. The molecule has 2 aromatic rings. The molecule has 166 valence electrons. The van der Waals surface area contributed by atoms with E-state index in [4.69, 9.17) is 11.6 Å². The quantitative estimate of drug-likeness (QED) is 0.285. The number of benzene rings is 2. The van der Waals surface area contributed by atoms with Crippen LogP contribution in [0.15, 0.2) is 12.1 Å². The van der Waals surface area contributed by atoms with Gasteiger partial charge in [-0.2, -0.15) is 8.78 Å². The standard InChI is InChI=1S/C18H9ClF7NO4/c1-5(16(28)30-2)27-8-3-6(7(19)4-9(8)31-18(25,26)17(27)29)10-11(20)13(22)15(24)14(23)12(10)21/h3-5H,1-2H3/t5-/m0/s1. The maximum Gasteiger partial charge on any atom is 0.483 e. The molecule has 1 amide bonds. The summed E-state index contributed by atoms with van der Waals surface area (Å²) < 4.78 is 106. The Balaban J connectivity index is 2.33. The van der Waals surface area contributed by atoms with Crippen LogP contribution in [-0.2, 0) is 14.3 Å². The second kappa shape index (κ2) is 7.59. The normalized spacial score (nSPS) is 15.9. The zero-order valence-electron chi connectivity index (χ0n) is 15.3. The first-order valence-corrected chi connectivity index (χ1v) is 8.54. The molecule has 0 aliphatic carbocycles. The van der Waals surface area contributed by atoms with Crippen LogP contribution in [0.4, 0.5) is 36.4 Å². The van der Waals surface area contributed by atoms with Crippen molar-refractivity contribution in [3.8, 4) is 16.9 Å². The number of nitrogens with zero attached hydrogens (tertiary/aromatic N) is 1. The number of amides is 1. The van der Waals surface area contributed by atoms with Crippen molar-refractivity contribution in [2.24, 2.45) is 0 Å². The highest BCUT2D eigenvalue weighted by Crippen LogP contribution is 2.46. The van der Waals surface area contributed by atoms with E-state index in [1.807, 2.05) is 0 Å². The monoisotopic (exact) mass is 471 g/mol. The highest BCUT2D eigenvalue weighted by molar-refractivity contribution is 6.33. The summed E-state index contributed by atoms with van der Waals surface area (Å²) in [5.41, 5.74) is -2.95. The summed E-state index contributed by atoms with van der Waals surface area (Å²) in [6.07, 6.45) is -4.45. The second-order valence-electron chi connectivity index (χ2n) is 6.24. The SMILES string of the molecule is COC(=O)[C@H](C)N1C(=O)C(F)(F)Oc2cc(Cl)c(-c3c(F)c(F)c(F)c(F)c3F)cc21. The molecule has 0 fully saturated rings. The Morgan fingerprint density at radius 2 is 1.58 bits per heavy atom. The smallest absolute Gasteiger partial charge is 0.467 e. The van der Waals surface area contributed by atoms with E-state index in [1.165, 1.54) is 0 Å². The van der Waals surface area contributed by atoms with E-state index in [0.29, 0.717) is 12.1 Å². The van der Waals surface area contributed by atoms with Crippen molar-refractivity contribution >= 4 is 29.2 Å². The molecule has 0 spiro atoms. The van der Waals surface area contributed by atoms with Crippen molar-refractivity contribution in [3.05, 3.63) is 46.2 Å². The van der Waals surface area contributed by atoms with Crippen molar-refractivity contribution < 1.29 is 49.8 Å². The molecule has 0 bridgehead atoms. The van der Waals surface area contributed by atoms with Crippen LogP contribution >= 0.6 is 11.6 Å². The molecule has 0 N–H and O–H groups in total. The number of fused-ring (bicyclic) bond motifs is 1. The number of anilines is 1. The van der Waals surface area contributed by atoms with E-state index in [0.717, 1.165) is 14.0 Å². The molecule has 1 aliphatic rings. The zero-order chi connectivity index (χ0) is 23.4. The van der Waals surface area contributed by atoms with Crippen molar-refractivity contribution in [1.82, 2.24) is 0 Å². The number of halogens is 8. The highest BCUT2D eigenvalue weighted by atomic mass is 35.5. The lowest BCUT2D eigenvalue weighted by molar-refractivity contribution is -0.193. The molecule has 0 saturated heterocycles. The van der Waals surface area contributed by atoms with E-state index in [9.17, 15) is 40.3 Å². The van der Waals surface area contributed by atoms with Gasteiger partial charge in [0.2, 0.25) is 5.82 Å². The summed E-state index contributed by atoms with van der Waals surface area (Å²) in [4.78, 5) is 24.2. The van der Waals surface area contributed by atoms with Gasteiger partial charge in [0.1, 0.15) is 6.04 Å². The van der Waals surface area contributed by atoms with Gasteiger partial charge in [-0.05, 0) is 13.0 Å². The summed E-state index contributed by atoms with van der Waals surface area (Å²) in [6, 6.07) is -0.513. The van der Waals surface area contributed by atoms with Gasteiger partial charge in [-0.3, -0.25) is 9.69 Å². The molecular weight excluding hydrogens is 463 g/mol. The van der Waals surface area contributed by atoms with Crippen LogP contribution in [0.3, 0.4) is 0 Å². The molecule has 2 aromatic carbocycles. The third-order valence-electron chi connectivity index (χ3n) is 4.42. The Labute approximate surface area is 173 Å². The van der Waals surface area contributed by atoms with E-state index in [1.54, 1.807) is 0 Å². The Bertz CT molecular complexity index is 1100. The van der Waals surface area contributed by atoms with E-state index < -0.39 is 80.7 Å². The van der Waals surface area contributed by atoms with Gasteiger partial charge < -0.3 is 9.47 Å². The average Bonchev–Trinajstić information content (AvgIpc) is 2.71. The Morgan fingerprint density at radius 1 is 1.06 bits per heavy atom. The van der Waals surface area contributed by atoms with Crippen LogP contribution in [0.5, 0.6) is 5.75 Å². The molecule has 3 rings (SSSR count). The van der Waals surface area contributed by atoms with Crippen LogP contribution < -0.4 is 9.64 Å². The lowest BCUT2D eigenvalue weighted by Gasteiger charge is -2.36. The number of ether oxygens (including phenoxy) is 2. The fourth-order valence-electron chi connectivity index (χ4n) is 2.94. The topological polar surface area (TPSA) is 55.8 Å². The van der Waals surface area contributed by atoms with Gasteiger partial charge in [-0.1, -0.05) is 11.6 Å². The number of esters is 1. The van der Waals surface area contributed by atoms with Crippen LogP contribution in [-0.4, -0.2) is 31.1 Å². The van der Waals surface area contributed by atoms with Gasteiger partial charge in [0.25, 0.3) is 0 Å². The Hall–Kier alpha value is -3.02. The third-order valence-corrected chi connectivity index (χ3v) is 4.74. The molecule has 0 aromatic heterocycles. The van der Waals surface area contributed by atoms with Crippen molar-refractivity contribution in [2.45, 2.75) is 19.1 Å². The number of alkyl halides is 2. The predicted octanol–water partition coefficient (Wildman–Crippen LogP) is 4.58. The number of rotatable bonds is 3. The maximum absolute atomic E-state index is 14.3. The average molecular weight is 472 g/mol. The van der Waals surface area contributed by atoms with E-state index in [-0.39, 0.29) is 4.90 Å². The van der Waals surface area contributed by atoms with Crippen molar-refractivity contribution in [2.75, 3.05) is 12.0 Å². The van der Waals surface area contributed by atoms with Gasteiger partial charge in [0.15, 0.2) is 29.0 Å². The number of hydrogen-bond acceptors (Lipinski definition) is 4. The fraction of sp³-hybridized carbons (Fsp3) is 0.222. The van der Waals surface area contributed by atoms with E-state index in [2.05, 4.69) is 9.47 Å². The largest absolute Gasteiger partial charge is 0.483 e.